The highest BCUT2D eigenvalue weighted by Gasteiger charge is 2.27. The highest BCUT2D eigenvalue weighted by molar-refractivity contribution is 5.90. The summed E-state index contributed by atoms with van der Waals surface area (Å²) in [6.07, 6.45) is 75.3. The fourth-order valence-electron chi connectivity index (χ4n) is 12.0. The Morgan fingerprint density at radius 2 is 0.412 bits per heavy atom. The first-order chi connectivity index (χ1) is 39.3. The van der Waals surface area contributed by atoms with Gasteiger partial charge in [-0.15, -0.1) is 0 Å². The van der Waals surface area contributed by atoms with E-state index in [1.54, 1.807) is 0 Å². The average molecular weight is 1130 g/mol. The van der Waals surface area contributed by atoms with Gasteiger partial charge in [0.05, 0.1) is 11.8 Å². The highest BCUT2D eigenvalue weighted by atomic mass is 16.6. The largest absolute Gasteiger partial charge is 0.393 e. The van der Waals surface area contributed by atoms with E-state index in [4.69, 9.17) is 15.2 Å². The second kappa shape index (κ2) is 64.8. The first-order valence-corrected chi connectivity index (χ1v) is 36.6. The van der Waals surface area contributed by atoms with Crippen LogP contribution in [0.25, 0.3) is 0 Å². The molecule has 474 valence electrons. The van der Waals surface area contributed by atoms with E-state index in [2.05, 4.69) is 27.7 Å². The minimum atomic E-state index is -1.13. The number of unbranched alkanes of at least 4 members (excludes halogenated alkanes) is 52. The van der Waals surface area contributed by atoms with Crippen LogP contribution in [0.4, 0.5) is 0 Å². The van der Waals surface area contributed by atoms with Crippen molar-refractivity contribution < 1.29 is 28.7 Å². The van der Waals surface area contributed by atoms with Crippen molar-refractivity contribution in [2.24, 2.45) is 17.6 Å². The van der Waals surface area contributed by atoms with Crippen LogP contribution in [0.5, 0.6) is 0 Å². The van der Waals surface area contributed by atoms with Gasteiger partial charge in [-0.05, 0) is 32.1 Å². The van der Waals surface area contributed by atoms with Gasteiger partial charge in [0.15, 0.2) is 0 Å². The van der Waals surface area contributed by atoms with Gasteiger partial charge in [0.25, 0.3) is 0 Å². The maximum Gasteiger partial charge on any atom is 0.330 e. The fourth-order valence-corrected chi connectivity index (χ4v) is 12.0. The van der Waals surface area contributed by atoms with Crippen molar-refractivity contribution in [1.82, 2.24) is 0 Å². The van der Waals surface area contributed by atoms with Crippen LogP contribution in [0.1, 0.15) is 426 Å². The number of rotatable bonds is 66. The first-order valence-electron chi connectivity index (χ1n) is 36.6. The molecule has 0 aromatic heterocycles. The summed E-state index contributed by atoms with van der Waals surface area (Å²) in [4.78, 5) is 53.2. The second-order valence-electron chi connectivity index (χ2n) is 25.6. The molecule has 80 heavy (non-hydrogen) atoms. The number of ether oxygens (including phenoxy) is 2. The van der Waals surface area contributed by atoms with Gasteiger partial charge in [-0.1, -0.05) is 387 Å². The van der Waals surface area contributed by atoms with Gasteiger partial charge in [0.2, 0.25) is 0 Å². The minimum Gasteiger partial charge on any atom is -0.393 e. The third kappa shape index (κ3) is 56.7. The molecule has 0 rings (SSSR count). The van der Waals surface area contributed by atoms with Crippen LogP contribution in [0.15, 0.2) is 0 Å². The summed E-state index contributed by atoms with van der Waals surface area (Å²) < 4.78 is 10.9. The van der Waals surface area contributed by atoms with E-state index in [0.29, 0.717) is 0 Å². The number of carbonyl (C=O) groups excluding carboxylic acids is 4. The van der Waals surface area contributed by atoms with E-state index >= 15 is 0 Å². The van der Waals surface area contributed by atoms with E-state index in [0.717, 1.165) is 77.0 Å². The molecule has 0 aromatic carbocycles. The zero-order valence-corrected chi connectivity index (χ0v) is 54.6. The van der Waals surface area contributed by atoms with Crippen LogP contribution in [-0.4, -0.2) is 29.9 Å². The Kier molecular flexibility index (Phi) is 63.4. The third-order valence-corrected chi connectivity index (χ3v) is 17.7. The van der Waals surface area contributed by atoms with E-state index in [9.17, 15) is 19.2 Å². The topological polar surface area (TPSA) is 113 Å². The Balaban J connectivity index is 4.73. The fraction of sp³-hybridized carbons (Fsp3) is 0.945. The molecule has 0 spiro atoms. The lowest BCUT2D eigenvalue weighted by atomic mass is 9.94. The first kappa shape index (κ1) is 78.2. The Bertz CT molecular complexity index is 1300. The van der Waals surface area contributed by atoms with Crippen molar-refractivity contribution in [3.05, 3.63) is 0 Å². The zero-order chi connectivity index (χ0) is 58.3. The lowest BCUT2D eigenvalue weighted by molar-refractivity contribution is -0.164. The zero-order valence-electron chi connectivity index (χ0n) is 54.6. The van der Waals surface area contributed by atoms with Crippen LogP contribution in [-0.2, 0) is 28.7 Å². The van der Waals surface area contributed by atoms with E-state index in [1.807, 2.05) is 0 Å². The molecule has 0 radical (unpaired) electrons. The van der Waals surface area contributed by atoms with Crippen molar-refractivity contribution in [3.8, 4) is 0 Å². The van der Waals surface area contributed by atoms with Crippen LogP contribution in [0, 0.1) is 11.8 Å². The molecular formula is C73H141NO6. The SMILES string of the molecule is CCCCCCCCCCCCCCCCCCCCCCC(CCCCCCCCCC)C(=O)OC(=O)CCC(N)C(=O)OC(=O)C(CCCCCCCCCC)CCCCCCCCCCCCCCCCCCCCCC. The van der Waals surface area contributed by atoms with Gasteiger partial charge in [-0.2, -0.15) is 0 Å². The number of esters is 4. The number of hydrogen-bond acceptors (Lipinski definition) is 7. The van der Waals surface area contributed by atoms with Crippen molar-refractivity contribution in [3.63, 3.8) is 0 Å². The smallest absolute Gasteiger partial charge is 0.330 e. The van der Waals surface area contributed by atoms with E-state index in [-0.39, 0.29) is 24.7 Å². The summed E-state index contributed by atoms with van der Waals surface area (Å²) in [6.45, 7) is 9.07. The lowest BCUT2D eigenvalue weighted by Crippen LogP contribution is -2.36. The van der Waals surface area contributed by atoms with Gasteiger partial charge < -0.3 is 15.2 Å². The summed E-state index contributed by atoms with van der Waals surface area (Å²) in [5.41, 5.74) is 6.25. The van der Waals surface area contributed by atoms with E-state index in [1.165, 1.54) is 308 Å². The molecule has 0 fully saturated rings. The predicted molar refractivity (Wildman–Crippen MR) is 346 cm³/mol. The third-order valence-electron chi connectivity index (χ3n) is 17.7. The van der Waals surface area contributed by atoms with Crippen molar-refractivity contribution in [1.29, 1.82) is 0 Å². The Morgan fingerprint density at radius 3 is 0.613 bits per heavy atom. The second-order valence-corrected chi connectivity index (χ2v) is 25.6. The van der Waals surface area contributed by atoms with Crippen LogP contribution >= 0.6 is 0 Å². The summed E-state index contributed by atoms with van der Waals surface area (Å²) in [5.74, 6) is -2.95. The molecule has 7 heteroatoms. The van der Waals surface area contributed by atoms with Crippen molar-refractivity contribution in [2.75, 3.05) is 0 Å². The maximum absolute atomic E-state index is 13.5. The molecule has 0 bridgehead atoms. The molecule has 0 amide bonds. The van der Waals surface area contributed by atoms with Gasteiger partial charge in [0, 0.05) is 6.42 Å². The van der Waals surface area contributed by atoms with Crippen molar-refractivity contribution in [2.45, 2.75) is 432 Å². The molecule has 3 unspecified atom stereocenters. The Hall–Kier alpha value is -1.76. The standard InChI is InChI=1S/C73H141NO6/c1-5-9-13-17-21-25-27-29-31-33-35-37-39-41-43-45-47-51-55-58-62-67(61-57-53-49-23-19-15-11-7-3)71(76)79-70(75)66-65-69(74)73(78)80-72(77)68(63-59-54-50-24-20-16-12-8-4)64-60-56-52-48-46-44-42-40-38-36-34-32-30-28-26-22-18-14-10-6-2/h67-69H,5-66,74H2,1-4H3. The van der Waals surface area contributed by atoms with Gasteiger partial charge in [-0.3, -0.25) is 14.4 Å². The summed E-state index contributed by atoms with van der Waals surface area (Å²) in [7, 11) is 0. The lowest BCUT2D eigenvalue weighted by Gasteiger charge is -2.17. The Morgan fingerprint density at radius 1 is 0.237 bits per heavy atom. The highest BCUT2D eigenvalue weighted by Crippen LogP contribution is 2.25. The molecule has 3 atom stereocenters. The van der Waals surface area contributed by atoms with E-state index < -0.39 is 29.9 Å². The van der Waals surface area contributed by atoms with Gasteiger partial charge in [0.1, 0.15) is 6.04 Å². The summed E-state index contributed by atoms with van der Waals surface area (Å²) >= 11 is 0. The minimum absolute atomic E-state index is 0.0255. The van der Waals surface area contributed by atoms with Crippen LogP contribution in [0.2, 0.25) is 0 Å². The molecule has 2 N–H and O–H groups in total. The summed E-state index contributed by atoms with van der Waals surface area (Å²) in [6, 6.07) is -1.13. The molecule has 0 aliphatic heterocycles. The molecule has 0 saturated carbocycles. The molecule has 0 aliphatic rings. The number of hydrogen-bond donors (Lipinski definition) is 1. The molecule has 0 heterocycles. The van der Waals surface area contributed by atoms with Crippen molar-refractivity contribution >= 4 is 23.9 Å². The normalized spacial score (nSPS) is 12.7. The van der Waals surface area contributed by atoms with Gasteiger partial charge >= 0.3 is 23.9 Å². The number of carbonyl (C=O) groups is 4. The maximum atomic E-state index is 13.5. The molecular weight excluding hydrogens is 987 g/mol. The molecule has 0 saturated heterocycles. The Labute approximate surface area is 499 Å². The summed E-state index contributed by atoms with van der Waals surface area (Å²) in [5, 5.41) is 0. The number of nitrogens with two attached hydrogens (primary N) is 1. The monoisotopic (exact) mass is 1130 g/mol. The predicted octanol–water partition coefficient (Wildman–Crippen LogP) is 24.0. The molecule has 7 nitrogen and oxygen atoms in total. The van der Waals surface area contributed by atoms with Crippen LogP contribution in [0.3, 0.4) is 0 Å². The molecule has 0 aliphatic carbocycles. The quantitative estimate of drug-likeness (QED) is 0.0367. The average Bonchev–Trinajstić information content (AvgIpc) is 3.45. The van der Waals surface area contributed by atoms with Gasteiger partial charge in [-0.25, -0.2) is 4.79 Å². The molecule has 0 aromatic rings. The van der Waals surface area contributed by atoms with Crippen LogP contribution < -0.4 is 5.73 Å².